The maximum Gasteiger partial charge on any atom is 0.341 e. The van der Waals surface area contributed by atoms with Crippen molar-refractivity contribution in [1.29, 1.82) is 0 Å². The summed E-state index contributed by atoms with van der Waals surface area (Å²) in [5.74, 6) is -2.14. The van der Waals surface area contributed by atoms with Crippen LogP contribution in [-0.2, 0) is 11.3 Å². The number of piperazine rings is 1. The lowest BCUT2D eigenvalue weighted by Crippen LogP contribution is -2.58. The molecule has 6 nitrogen and oxygen atoms in total. The lowest BCUT2D eigenvalue weighted by molar-refractivity contribution is -0.139. The standard InChI is InChI=1S/C22H22Cl3FN2O4/c1-12-9-28(13(2)8-27(12)10-14-3-5-15(26)6-4-14)18(29)11-32-21-17(24)7-16(23)20(25)19(21)22(30)31/h3-7,12-13H,8-11H2,1-2H3,(H,30,31)/t12-,13+/m0/s1. The summed E-state index contributed by atoms with van der Waals surface area (Å²) in [6.45, 7) is 5.27. The van der Waals surface area contributed by atoms with E-state index in [0.717, 1.165) is 5.56 Å². The maximum atomic E-state index is 13.2. The number of hydrogen-bond donors (Lipinski definition) is 1. The number of aromatic carboxylic acids is 1. The molecule has 2 atom stereocenters. The van der Waals surface area contributed by atoms with Crippen LogP contribution in [-0.4, -0.2) is 58.6 Å². The third-order valence-corrected chi connectivity index (χ3v) is 6.48. The minimum atomic E-state index is -1.36. The first-order valence-corrected chi connectivity index (χ1v) is 11.0. The number of nitrogens with zero attached hydrogens (tertiary/aromatic N) is 2. The zero-order chi connectivity index (χ0) is 23.6. The lowest BCUT2D eigenvalue weighted by Gasteiger charge is -2.44. The van der Waals surface area contributed by atoms with Crippen molar-refractivity contribution in [2.45, 2.75) is 32.5 Å². The number of halogens is 4. The van der Waals surface area contributed by atoms with E-state index in [9.17, 15) is 19.1 Å². The third kappa shape index (κ3) is 5.46. The van der Waals surface area contributed by atoms with Crippen molar-refractivity contribution in [3.63, 3.8) is 0 Å². The minimum absolute atomic E-state index is 0.0209. The van der Waals surface area contributed by atoms with Gasteiger partial charge in [-0.2, -0.15) is 0 Å². The van der Waals surface area contributed by atoms with Gasteiger partial charge in [-0.3, -0.25) is 9.69 Å². The Kier molecular flexibility index (Phi) is 7.88. The number of benzene rings is 2. The SMILES string of the molecule is C[C@@H]1CN(Cc2ccc(F)cc2)[C@@H](C)CN1C(=O)COc1c(Cl)cc(Cl)c(Cl)c1C(=O)O. The molecule has 1 amide bonds. The van der Waals surface area contributed by atoms with Crippen molar-refractivity contribution in [2.75, 3.05) is 19.7 Å². The highest BCUT2D eigenvalue weighted by Gasteiger charge is 2.32. The molecule has 1 fully saturated rings. The van der Waals surface area contributed by atoms with Gasteiger partial charge in [0.05, 0.1) is 15.1 Å². The Hall–Kier alpha value is -2.06. The zero-order valence-electron chi connectivity index (χ0n) is 17.4. The molecular formula is C22H22Cl3FN2O4. The fourth-order valence-corrected chi connectivity index (χ4v) is 4.46. The van der Waals surface area contributed by atoms with Gasteiger partial charge in [0.2, 0.25) is 0 Å². The van der Waals surface area contributed by atoms with Crippen molar-refractivity contribution in [1.82, 2.24) is 9.80 Å². The normalized spacial score (nSPS) is 19.1. The van der Waals surface area contributed by atoms with Crippen LogP contribution in [0, 0.1) is 5.82 Å². The first-order valence-electron chi connectivity index (χ1n) is 9.90. The van der Waals surface area contributed by atoms with E-state index >= 15 is 0 Å². The summed E-state index contributed by atoms with van der Waals surface area (Å²) in [5.41, 5.74) is 0.603. The van der Waals surface area contributed by atoms with Gasteiger partial charge < -0.3 is 14.7 Å². The van der Waals surface area contributed by atoms with Crippen LogP contribution in [0.2, 0.25) is 15.1 Å². The van der Waals surface area contributed by atoms with E-state index in [1.165, 1.54) is 18.2 Å². The van der Waals surface area contributed by atoms with Crippen molar-refractivity contribution in [3.8, 4) is 5.75 Å². The Labute approximate surface area is 200 Å². The molecule has 0 bridgehead atoms. The minimum Gasteiger partial charge on any atom is -0.481 e. The fourth-order valence-electron chi connectivity index (χ4n) is 3.72. The van der Waals surface area contributed by atoms with Crippen LogP contribution in [0.15, 0.2) is 30.3 Å². The van der Waals surface area contributed by atoms with E-state index in [1.54, 1.807) is 17.0 Å². The maximum absolute atomic E-state index is 13.2. The Morgan fingerprint density at radius 1 is 1.09 bits per heavy atom. The van der Waals surface area contributed by atoms with E-state index in [0.29, 0.717) is 19.6 Å². The van der Waals surface area contributed by atoms with Crippen LogP contribution < -0.4 is 4.74 Å². The Morgan fingerprint density at radius 2 is 1.75 bits per heavy atom. The van der Waals surface area contributed by atoms with E-state index in [1.807, 2.05) is 13.8 Å². The molecule has 0 unspecified atom stereocenters. The highest BCUT2D eigenvalue weighted by molar-refractivity contribution is 6.45. The van der Waals surface area contributed by atoms with Crippen LogP contribution >= 0.6 is 34.8 Å². The van der Waals surface area contributed by atoms with Gasteiger partial charge in [0.25, 0.3) is 5.91 Å². The van der Waals surface area contributed by atoms with Crippen LogP contribution in [0.3, 0.4) is 0 Å². The fraction of sp³-hybridized carbons (Fsp3) is 0.364. The molecule has 1 heterocycles. The summed E-state index contributed by atoms with van der Waals surface area (Å²) in [4.78, 5) is 28.4. The molecule has 1 aliphatic heterocycles. The number of amides is 1. The molecule has 1 N–H and O–H groups in total. The Morgan fingerprint density at radius 3 is 2.38 bits per heavy atom. The van der Waals surface area contributed by atoms with Crippen molar-refractivity contribution in [3.05, 3.63) is 62.3 Å². The molecule has 0 spiro atoms. The summed E-state index contributed by atoms with van der Waals surface area (Å²) >= 11 is 18.0. The van der Waals surface area contributed by atoms with Gasteiger partial charge in [0.1, 0.15) is 11.4 Å². The molecule has 2 aromatic rings. The average Bonchev–Trinajstić information content (AvgIpc) is 2.73. The number of carbonyl (C=O) groups is 2. The smallest absolute Gasteiger partial charge is 0.341 e. The van der Waals surface area contributed by atoms with Gasteiger partial charge in [0.15, 0.2) is 12.4 Å². The number of rotatable bonds is 6. The summed E-state index contributed by atoms with van der Waals surface area (Å²) in [5, 5.41) is 9.18. The highest BCUT2D eigenvalue weighted by Crippen LogP contribution is 2.39. The average molecular weight is 504 g/mol. The Bertz CT molecular complexity index is 1020. The number of carboxylic acid groups (broad SMARTS) is 1. The molecule has 1 saturated heterocycles. The molecule has 172 valence electrons. The van der Waals surface area contributed by atoms with Crippen molar-refractivity contribution < 1.29 is 23.8 Å². The molecule has 0 saturated carbocycles. The van der Waals surface area contributed by atoms with Crippen LogP contribution in [0.5, 0.6) is 5.75 Å². The predicted molar refractivity (Wildman–Crippen MR) is 121 cm³/mol. The molecule has 0 aromatic heterocycles. The first-order chi connectivity index (χ1) is 15.1. The lowest BCUT2D eigenvalue weighted by atomic mass is 10.1. The van der Waals surface area contributed by atoms with Crippen molar-refractivity contribution in [2.24, 2.45) is 0 Å². The van der Waals surface area contributed by atoms with Gasteiger partial charge >= 0.3 is 5.97 Å². The number of ether oxygens (including phenoxy) is 1. The monoisotopic (exact) mass is 502 g/mol. The molecule has 3 rings (SSSR count). The summed E-state index contributed by atoms with van der Waals surface area (Å²) in [6, 6.07) is 7.59. The second kappa shape index (κ2) is 10.3. The quantitative estimate of drug-likeness (QED) is 0.563. The number of carboxylic acids is 1. The zero-order valence-corrected chi connectivity index (χ0v) is 19.7. The second-order valence-corrected chi connectivity index (χ2v) is 8.94. The van der Waals surface area contributed by atoms with Gasteiger partial charge in [-0.1, -0.05) is 46.9 Å². The van der Waals surface area contributed by atoms with E-state index < -0.39 is 12.6 Å². The summed E-state index contributed by atoms with van der Waals surface area (Å²) in [7, 11) is 0. The van der Waals surface area contributed by atoms with Gasteiger partial charge in [0, 0.05) is 31.7 Å². The topological polar surface area (TPSA) is 70.1 Å². The van der Waals surface area contributed by atoms with Gasteiger partial charge in [-0.15, -0.1) is 0 Å². The second-order valence-electron chi connectivity index (χ2n) is 7.75. The third-order valence-electron chi connectivity index (χ3n) is 5.41. The predicted octanol–water partition coefficient (Wildman–Crippen LogP) is 4.98. The highest BCUT2D eigenvalue weighted by atomic mass is 35.5. The Balaban J connectivity index is 1.66. The van der Waals surface area contributed by atoms with Gasteiger partial charge in [-0.05, 0) is 37.6 Å². The molecule has 0 aliphatic carbocycles. The summed E-state index contributed by atoms with van der Waals surface area (Å²) < 4.78 is 18.7. The molecule has 0 radical (unpaired) electrons. The molecule has 2 aromatic carbocycles. The first kappa shape index (κ1) is 24.6. The molecule has 32 heavy (non-hydrogen) atoms. The molecular weight excluding hydrogens is 482 g/mol. The molecule has 10 heteroatoms. The van der Waals surface area contributed by atoms with Crippen LogP contribution in [0.1, 0.15) is 29.8 Å². The number of carbonyl (C=O) groups excluding carboxylic acids is 1. The molecule has 1 aliphatic rings. The van der Waals surface area contributed by atoms with Crippen molar-refractivity contribution >= 4 is 46.7 Å². The largest absolute Gasteiger partial charge is 0.481 e. The van der Waals surface area contributed by atoms with Crippen LogP contribution in [0.4, 0.5) is 4.39 Å². The van der Waals surface area contributed by atoms with E-state index in [-0.39, 0.29) is 50.2 Å². The van der Waals surface area contributed by atoms with E-state index in [4.69, 9.17) is 39.5 Å². The number of hydrogen-bond acceptors (Lipinski definition) is 4. The summed E-state index contributed by atoms with van der Waals surface area (Å²) in [6.07, 6.45) is 0. The van der Waals surface area contributed by atoms with Crippen LogP contribution in [0.25, 0.3) is 0 Å². The van der Waals surface area contributed by atoms with E-state index in [2.05, 4.69) is 4.90 Å². The van der Waals surface area contributed by atoms with Gasteiger partial charge in [-0.25, -0.2) is 9.18 Å².